The summed E-state index contributed by atoms with van der Waals surface area (Å²) in [6.07, 6.45) is 7.32. The molecule has 0 spiro atoms. The molecule has 0 saturated heterocycles. The van der Waals surface area contributed by atoms with Gasteiger partial charge in [0.1, 0.15) is 12.0 Å². The first-order valence-electron chi connectivity index (χ1n) is 7.61. The number of hydrogen-bond donors (Lipinski definition) is 1. The average molecular weight is 301 g/mol. The number of carbonyl (C=O) groups is 2. The zero-order valence-electron chi connectivity index (χ0n) is 12.5. The molecule has 2 heterocycles. The first kappa shape index (κ1) is 14.7. The van der Waals surface area contributed by atoms with Gasteiger partial charge >= 0.3 is 12.0 Å². The van der Waals surface area contributed by atoms with Crippen molar-refractivity contribution in [2.45, 2.75) is 44.8 Å². The van der Waals surface area contributed by atoms with Crippen LogP contribution in [-0.2, 0) is 9.53 Å². The number of esters is 1. The number of urea groups is 1. The predicted octanol–water partition coefficient (Wildman–Crippen LogP) is 2.41. The van der Waals surface area contributed by atoms with Gasteiger partial charge in [-0.1, -0.05) is 6.07 Å². The second-order valence-corrected chi connectivity index (χ2v) is 5.79. The first-order chi connectivity index (χ1) is 10.6. The van der Waals surface area contributed by atoms with E-state index < -0.39 is 18.0 Å². The molecule has 1 fully saturated rings. The molecule has 0 aromatic carbocycles. The summed E-state index contributed by atoms with van der Waals surface area (Å²) in [7, 11) is 0. The van der Waals surface area contributed by atoms with Crippen molar-refractivity contribution in [3.8, 4) is 0 Å². The van der Waals surface area contributed by atoms with Gasteiger partial charge in [-0.25, -0.2) is 9.79 Å². The van der Waals surface area contributed by atoms with Crippen LogP contribution in [0.5, 0.6) is 0 Å². The third-order valence-corrected chi connectivity index (χ3v) is 4.22. The molecule has 2 amide bonds. The highest BCUT2D eigenvalue weighted by molar-refractivity contribution is 6.08. The molecule has 2 unspecified atom stereocenters. The third kappa shape index (κ3) is 3.00. The molecular weight excluding hydrogens is 282 g/mol. The minimum atomic E-state index is -0.595. The van der Waals surface area contributed by atoms with Crippen LogP contribution in [0, 0.1) is 5.92 Å². The summed E-state index contributed by atoms with van der Waals surface area (Å²) in [6.45, 7) is 1.70. The fourth-order valence-electron chi connectivity index (χ4n) is 3.11. The molecule has 1 aromatic rings. The molecular formula is C16H19N3O3. The molecule has 22 heavy (non-hydrogen) atoms. The molecule has 1 aromatic heterocycles. The number of nitrogens with one attached hydrogen (secondary N) is 1. The standard InChI is InChI=1S/C16H19N3O3/c1-10-13(15(20)22-12-6-2-3-7-12)14(19-16(21)18-10)11-5-4-8-17-9-11/h4-5,8-9,12-14H,2-3,6-7H2,1H3,(H,19,21). The maximum absolute atomic E-state index is 12.6. The van der Waals surface area contributed by atoms with Crippen molar-refractivity contribution in [1.29, 1.82) is 0 Å². The smallest absolute Gasteiger partial charge is 0.341 e. The van der Waals surface area contributed by atoms with Gasteiger partial charge in [-0.05, 0) is 44.2 Å². The summed E-state index contributed by atoms with van der Waals surface area (Å²) in [5, 5.41) is 2.75. The summed E-state index contributed by atoms with van der Waals surface area (Å²) in [4.78, 5) is 32.2. The van der Waals surface area contributed by atoms with Gasteiger partial charge < -0.3 is 10.1 Å². The van der Waals surface area contributed by atoms with Gasteiger partial charge in [-0.3, -0.25) is 9.78 Å². The highest BCUT2D eigenvalue weighted by atomic mass is 16.5. The van der Waals surface area contributed by atoms with Crippen molar-refractivity contribution < 1.29 is 14.3 Å². The van der Waals surface area contributed by atoms with Crippen LogP contribution in [0.25, 0.3) is 0 Å². The Balaban J connectivity index is 1.84. The molecule has 0 radical (unpaired) electrons. The lowest BCUT2D eigenvalue weighted by atomic mass is 9.89. The summed E-state index contributed by atoms with van der Waals surface area (Å²) in [5.41, 5.74) is 1.26. The molecule has 116 valence electrons. The van der Waals surface area contributed by atoms with Crippen LogP contribution < -0.4 is 5.32 Å². The fraction of sp³-hybridized carbons (Fsp3) is 0.500. The van der Waals surface area contributed by atoms with E-state index in [4.69, 9.17) is 4.74 Å². The first-order valence-corrected chi connectivity index (χ1v) is 7.61. The van der Waals surface area contributed by atoms with Crippen molar-refractivity contribution >= 4 is 17.7 Å². The van der Waals surface area contributed by atoms with Gasteiger partial charge in [0, 0.05) is 18.1 Å². The Kier molecular flexibility index (Phi) is 4.18. The van der Waals surface area contributed by atoms with Crippen LogP contribution in [0.4, 0.5) is 4.79 Å². The van der Waals surface area contributed by atoms with Crippen LogP contribution in [-0.4, -0.2) is 28.8 Å². The Labute approximate surface area is 129 Å². The van der Waals surface area contributed by atoms with Crippen molar-refractivity contribution in [1.82, 2.24) is 10.3 Å². The maximum atomic E-state index is 12.6. The highest BCUT2D eigenvalue weighted by Crippen LogP contribution is 2.29. The van der Waals surface area contributed by atoms with Crippen LogP contribution in [0.1, 0.15) is 44.2 Å². The van der Waals surface area contributed by atoms with E-state index in [9.17, 15) is 9.59 Å². The van der Waals surface area contributed by atoms with E-state index in [-0.39, 0.29) is 12.1 Å². The molecule has 1 aliphatic heterocycles. The van der Waals surface area contributed by atoms with Gasteiger partial charge in [0.25, 0.3) is 0 Å². The quantitative estimate of drug-likeness (QED) is 0.869. The number of ether oxygens (including phenoxy) is 1. The molecule has 2 aliphatic rings. The van der Waals surface area contributed by atoms with E-state index in [0.29, 0.717) is 5.71 Å². The van der Waals surface area contributed by atoms with Crippen LogP contribution in [0.15, 0.2) is 29.5 Å². The second-order valence-electron chi connectivity index (χ2n) is 5.79. The Morgan fingerprint density at radius 3 is 2.82 bits per heavy atom. The van der Waals surface area contributed by atoms with E-state index >= 15 is 0 Å². The summed E-state index contributed by atoms with van der Waals surface area (Å²) >= 11 is 0. The molecule has 1 N–H and O–H groups in total. The number of rotatable bonds is 3. The van der Waals surface area contributed by atoms with Crippen molar-refractivity contribution in [2.75, 3.05) is 0 Å². The Morgan fingerprint density at radius 2 is 2.14 bits per heavy atom. The molecule has 3 rings (SSSR count). The molecule has 1 aliphatic carbocycles. The van der Waals surface area contributed by atoms with Gasteiger partial charge in [0.05, 0.1) is 6.04 Å². The zero-order chi connectivity index (χ0) is 15.5. The van der Waals surface area contributed by atoms with Crippen LogP contribution >= 0.6 is 0 Å². The zero-order valence-corrected chi connectivity index (χ0v) is 12.5. The van der Waals surface area contributed by atoms with Crippen LogP contribution in [0.3, 0.4) is 0 Å². The van der Waals surface area contributed by atoms with Crippen LogP contribution in [0.2, 0.25) is 0 Å². The average Bonchev–Trinajstić information content (AvgIpc) is 3.00. The largest absolute Gasteiger partial charge is 0.462 e. The summed E-state index contributed by atoms with van der Waals surface area (Å²) in [5.74, 6) is -0.912. The van der Waals surface area contributed by atoms with Crippen molar-refractivity contribution in [2.24, 2.45) is 10.9 Å². The summed E-state index contributed by atoms with van der Waals surface area (Å²) < 4.78 is 5.62. The number of aliphatic imine (C=N–C) groups is 1. The third-order valence-electron chi connectivity index (χ3n) is 4.22. The number of nitrogens with zero attached hydrogens (tertiary/aromatic N) is 2. The van der Waals surface area contributed by atoms with E-state index in [1.807, 2.05) is 6.07 Å². The van der Waals surface area contributed by atoms with Gasteiger partial charge in [0.15, 0.2) is 0 Å². The van der Waals surface area contributed by atoms with E-state index in [1.165, 1.54) is 0 Å². The molecule has 6 heteroatoms. The molecule has 6 nitrogen and oxygen atoms in total. The normalized spacial score (nSPS) is 25.5. The van der Waals surface area contributed by atoms with Crippen molar-refractivity contribution in [3.63, 3.8) is 0 Å². The maximum Gasteiger partial charge on any atom is 0.341 e. The number of carbonyl (C=O) groups excluding carboxylic acids is 2. The summed E-state index contributed by atoms with van der Waals surface area (Å²) in [6, 6.07) is 2.71. The number of hydrogen-bond acceptors (Lipinski definition) is 4. The topological polar surface area (TPSA) is 80.7 Å². The van der Waals surface area contributed by atoms with E-state index in [2.05, 4.69) is 15.3 Å². The lowest BCUT2D eigenvalue weighted by Crippen LogP contribution is -2.44. The Hall–Kier alpha value is -2.24. The number of aromatic nitrogens is 1. The fourth-order valence-corrected chi connectivity index (χ4v) is 3.11. The molecule has 2 atom stereocenters. The predicted molar refractivity (Wildman–Crippen MR) is 80.5 cm³/mol. The van der Waals surface area contributed by atoms with E-state index in [1.54, 1.807) is 25.4 Å². The monoisotopic (exact) mass is 301 g/mol. The second kappa shape index (κ2) is 6.25. The minimum absolute atomic E-state index is 0.00697. The van der Waals surface area contributed by atoms with Crippen molar-refractivity contribution in [3.05, 3.63) is 30.1 Å². The molecule has 0 bridgehead atoms. The van der Waals surface area contributed by atoms with E-state index in [0.717, 1.165) is 31.2 Å². The molecule has 1 saturated carbocycles. The Bertz CT molecular complexity index is 594. The lowest BCUT2D eigenvalue weighted by Gasteiger charge is -2.30. The highest BCUT2D eigenvalue weighted by Gasteiger charge is 2.39. The lowest BCUT2D eigenvalue weighted by molar-refractivity contribution is -0.152. The minimum Gasteiger partial charge on any atom is -0.462 e. The number of amides is 2. The Morgan fingerprint density at radius 1 is 1.36 bits per heavy atom. The SMILES string of the molecule is CC1=NC(=O)NC(c2cccnc2)C1C(=O)OC1CCCC1. The van der Waals surface area contributed by atoms with Gasteiger partial charge in [-0.15, -0.1) is 0 Å². The van der Waals surface area contributed by atoms with Gasteiger partial charge in [-0.2, -0.15) is 0 Å². The number of pyridine rings is 1. The van der Waals surface area contributed by atoms with Gasteiger partial charge in [0.2, 0.25) is 0 Å².